The minimum Gasteiger partial charge on any atom is -0.508 e. The minimum absolute atomic E-state index is 0.358. The Balaban J connectivity index is 2.97. The van der Waals surface area contributed by atoms with E-state index >= 15 is 0 Å². The van der Waals surface area contributed by atoms with Crippen molar-refractivity contribution in [1.82, 2.24) is 4.98 Å². The highest BCUT2D eigenvalue weighted by atomic mass is 16.3. The SMILES string of the molecule is Cc1cc(O)c(C)c2ccncc12. The molecule has 0 radical (unpaired) electrons. The van der Waals surface area contributed by atoms with E-state index in [1.54, 1.807) is 12.3 Å². The van der Waals surface area contributed by atoms with Gasteiger partial charge >= 0.3 is 0 Å². The standard InChI is InChI=1S/C11H11NO/c1-7-5-11(13)8(2)9-3-4-12-6-10(7)9/h3-6,13H,1-2H3. The molecule has 0 aliphatic rings. The first kappa shape index (κ1) is 8.05. The number of aryl methyl sites for hydroxylation is 2. The lowest BCUT2D eigenvalue weighted by atomic mass is 10.0. The summed E-state index contributed by atoms with van der Waals surface area (Å²) in [7, 11) is 0. The van der Waals surface area contributed by atoms with Crippen molar-refractivity contribution < 1.29 is 5.11 Å². The highest BCUT2D eigenvalue weighted by Crippen LogP contribution is 2.28. The Bertz CT molecular complexity index is 463. The van der Waals surface area contributed by atoms with Crippen LogP contribution in [0.3, 0.4) is 0 Å². The van der Waals surface area contributed by atoms with Crippen molar-refractivity contribution >= 4 is 10.8 Å². The van der Waals surface area contributed by atoms with Crippen molar-refractivity contribution in [1.29, 1.82) is 0 Å². The fourth-order valence-electron chi connectivity index (χ4n) is 1.56. The van der Waals surface area contributed by atoms with Gasteiger partial charge in [0.05, 0.1) is 0 Å². The second-order valence-corrected chi connectivity index (χ2v) is 3.26. The monoisotopic (exact) mass is 173 g/mol. The normalized spacial score (nSPS) is 10.6. The van der Waals surface area contributed by atoms with Crippen LogP contribution in [0, 0.1) is 13.8 Å². The summed E-state index contributed by atoms with van der Waals surface area (Å²) in [5, 5.41) is 11.8. The number of aromatic nitrogens is 1. The van der Waals surface area contributed by atoms with Crippen LogP contribution in [-0.2, 0) is 0 Å². The van der Waals surface area contributed by atoms with Gasteiger partial charge in [-0.2, -0.15) is 0 Å². The van der Waals surface area contributed by atoms with Crippen LogP contribution in [0.15, 0.2) is 24.5 Å². The average molecular weight is 173 g/mol. The summed E-state index contributed by atoms with van der Waals surface area (Å²) >= 11 is 0. The molecule has 1 N–H and O–H groups in total. The van der Waals surface area contributed by atoms with Crippen molar-refractivity contribution in [3.8, 4) is 5.75 Å². The van der Waals surface area contributed by atoms with Crippen molar-refractivity contribution in [3.63, 3.8) is 0 Å². The largest absolute Gasteiger partial charge is 0.508 e. The molecule has 1 aromatic heterocycles. The molecule has 1 heterocycles. The highest BCUT2D eigenvalue weighted by Gasteiger charge is 2.04. The number of phenols is 1. The Morgan fingerprint density at radius 3 is 2.77 bits per heavy atom. The Labute approximate surface area is 76.9 Å². The molecule has 0 fully saturated rings. The molecule has 1 aromatic carbocycles. The number of fused-ring (bicyclic) bond motifs is 1. The number of nitrogens with zero attached hydrogens (tertiary/aromatic N) is 1. The lowest BCUT2D eigenvalue weighted by molar-refractivity contribution is 0.472. The maximum absolute atomic E-state index is 9.58. The summed E-state index contributed by atoms with van der Waals surface area (Å²) in [5.41, 5.74) is 1.98. The van der Waals surface area contributed by atoms with Crippen LogP contribution >= 0.6 is 0 Å². The number of pyridine rings is 1. The predicted molar refractivity (Wildman–Crippen MR) is 52.9 cm³/mol. The average Bonchev–Trinajstić information content (AvgIpc) is 2.15. The Hall–Kier alpha value is -1.57. The lowest BCUT2D eigenvalue weighted by Crippen LogP contribution is -1.84. The third-order valence-electron chi connectivity index (χ3n) is 2.39. The van der Waals surface area contributed by atoms with Crippen LogP contribution in [0.1, 0.15) is 11.1 Å². The van der Waals surface area contributed by atoms with Gasteiger partial charge in [-0.1, -0.05) is 0 Å². The zero-order chi connectivity index (χ0) is 9.42. The quantitative estimate of drug-likeness (QED) is 0.664. The molecule has 2 rings (SSSR count). The van der Waals surface area contributed by atoms with Crippen molar-refractivity contribution in [2.24, 2.45) is 0 Å². The number of phenolic OH excluding ortho intramolecular Hbond substituents is 1. The van der Waals surface area contributed by atoms with E-state index in [1.807, 2.05) is 26.1 Å². The van der Waals surface area contributed by atoms with E-state index in [4.69, 9.17) is 0 Å². The molecule has 0 spiro atoms. The number of aromatic hydroxyl groups is 1. The third kappa shape index (κ3) is 1.15. The van der Waals surface area contributed by atoms with E-state index < -0.39 is 0 Å². The molecule has 0 bridgehead atoms. The highest BCUT2D eigenvalue weighted by molar-refractivity contribution is 5.89. The van der Waals surface area contributed by atoms with Crippen LogP contribution < -0.4 is 0 Å². The minimum atomic E-state index is 0.358. The molecule has 13 heavy (non-hydrogen) atoms. The van der Waals surface area contributed by atoms with Crippen LogP contribution in [0.25, 0.3) is 10.8 Å². The maximum atomic E-state index is 9.58. The Morgan fingerprint density at radius 2 is 2.00 bits per heavy atom. The van der Waals surface area contributed by atoms with Crippen molar-refractivity contribution in [2.45, 2.75) is 13.8 Å². The smallest absolute Gasteiger partial charge is 0.119 e. The van der Waals surface area contributed by atoms with E-state index in [2.05, 4.69) is 4.98 Å². The van der Waals surface area contributed by atoms with E-state index in [0.29, 0.717) is 5.75 Å². The molecular formula is C11H11NO. The molecule has 0 saturated carbocycles. The maximum Gasteiger partial charge on any atom is 0.119 e. The molecule has 0 saturated heterocycles. The molecule has 0 aliphatic heterocycles. The fourth-order valence-corrected chi connectivity index (χ4v) is 1.56. The molecule has 2 nitrogen and oxygen atoms in total. The van der Waals surface area contributed by atoms with Gasteiger partial charge in [0.2, 0.25) is 0 Å². The van der Waals surface area contributed by atoms with Gasteiger partial charge in [0.1, 0.15) is 5.75 Å². The van der Waals surface area contributed by atoms with E-state index in [1.165, 1.54) is 0 Å². The van der Waals surface area contributed by atoms with Gasteiger partial charge in [-0.25, -0.2) is 0 Å². The van der Waals surface area contributed by atoms with Crippen LogP contribution in [0.4, 0.5) is 0 Å². The zero-order valence-electron chi connectivity index (χ0n) is 7.70. The summed E-state index contributed by atoms with van der Waals surface area (Å²) in [6.45, 7) is 3.89. The fraction of sp³-hybridized carbons (Fsp3) is 0.182. The van der Waals surface area contributed by atoms with Gasteiger partial charge in [-0.15, -0.1) is 0 Å². The Morgan fingerprint density at radius 1 is 1.23 bits per heavy atom. The zero-order valence-corrected chi connectivity index (χ0v) is 7.70. The second-order valence-electron chi connectivity index (χ2n) is 3.26. The first-order chi connectivity index (χ1) is 6.20. The molecule has 0 aliphatic carbocycles. The molecule has 0 amide bonds. The van der Waals surface area contributed by atoms with E-state index in [0.717, 1.165) is 21.9 Å². The molecule has 66 valence electrons. The number of benzene rings is 1. The first-order valence-electron chi connectivity index (χ1n) is 4.23. The van der Waals surface area contributed by atoms with Crippen LogP contribution in [-0.4, -0.2) is 10.1 Å². The molecule has 0 unspecified atom stereocenters. The summed E-state index contributed by atoms with van der Waals surface area (Å²) in [6, 6.07) is 3.71. The Kier molecular flexibility index (Phi) is 1.69. The van der Waals surface area contributed by atoms with Gasteiger partial charge in [-0.05, 0) is 42.5 Å². The van der Waals surface area contributed by atoms with E-state index in [-0.39, 0.29) is 0 Å². The summed E-state index contributed by atoms with van der Waals surface area (Å²) in [4.78, 5) is 4.06. The lowest BCUT2D eigenvalue weighted by Gasteiger charge is -2.06. The van der Waals surface area contributed by atoms with Crippen molar-refractivity contribution in [2.75, 3.05) is 0 Å². The van der Waals surface area contributed by atoms with E-state index in [9.17, 15) is 5.11 Å². The molecular weight excluding hydrogens is 162 g/mol. The van der Waals surface area contributed by atoms with Crippen LogP contribution in [0.2, 0.25) is 0 Å². The molecule has 2 aromatic rings. The number of hydrogen-bond acceptors (Lipinski definition) is 2. The second kappa shape index (κ2) is 2.73. The van der Waals surface area contributed by atoms with Gasteiger partial charge in [-0.3, -0.25) is 4.98 Å². The number of hydrogen-bond donors (Lipinski definition) is 1. The summed E-state index contributed by atoms with van der Waals surface area (Å²) < 4.78 is 0. The van der Waals surface area contributed by atoms with Crippen LogP contribution in [0.5, 0.6) is 5.75 Å². The topological polar surface area (TPSA) is 33.1 Å². The molecule has 2 heteroatoms. The first-order valence-corrected chi connectivity index (χ1v) is 4.23. The predicted octanol–water partition coefficient (Wildman–Crippen LogP) is 2.56. The van der Waals surface area contributed by atoms with Gasteiger partial charge in [0.15, 0.2) is 0 Å². The van der Waals surface area contributed by atoms with Gasteiger partial charge in [0, 0.05) is 17.8 Å². The summed E-state index contributed by atoms with van der Waals surface area (Å²) in [6.07, 6.45) is 3.57. The molecule has 0 atom stereocenters. The third-order valence-corrected chi connectivity index (χ3v) is 2.39. The summed E-state index contributed by atoms with van der Waals surface area (Å²) in [5.74, 6) is 0.358. The number of rotatable bonds is 0. The van der Waals surface area contributed by atoms with Gasteiger partial charge in [0.25, 0.3) is 0 Å². The van der Waals surface area contributed by atoms with Crippen molar-refractivity contribution in [3.05, 3.63) is 35.7 Å². The van der Waals surface area contributed by atoms with Gasteiger partial charge < -0.3 is 5.11 Å².